The predicted octanol–water partition coefficient (Wildman–Crippen LogP) is 1.85. The number of hydrogen-bond donors (Lipinski definition) is 1. The molecule has 0 fully saturated rings. The largest absolute Gasteiger partial charge is 0.398 e. The topological polar surface area (TPSA) is 102 Å². The highest BCUT2D eigenvalue weighted by Gasteiger charge is 2.19. The number of nitrogens with zero attached hydrogens (tertiary/aromatic N) is 3. The molecule has 0 bridgehead atoms. The third kappa shape index (κ3) is 2.56. The highest BCUT2D eigenvalue weighted by Crippen LogP contribution is 2.22. The molecule has 0 saturated carbocycles. The zero-order valence-corrected chi connectivity index (χ0v) is 10.7. The van der Waals surface area contributed by atoms with Gasteiger partial charge in [-0.05, 0) is 18.2 Å². The number of non-ortho nitro benzene ring substituents is 1. The molecule has 0 aliphatic carbocycles. The normalized spacial score (nSPS) is 10.1. The van der Waals surface area contributed by atoms with Crippen molar-refractivity contribution in [2.24, 2.45) is 0 Å². The van der Waals surface area contributed by atoms with Crippen LogP contribution in [-0.2, 0) is 0 Å². The van der Waals surface area contributed by atoms with E-state index in [0.29, 0.717) is 5.69 Å². The van der Waals surface area contributed by atoms with E-state index >= 15 is 0 Å². The summed E-state index contributed by atoms with van der Waals surface area (Å²) in [4.78, 5) is 27.8. The number of nitrogen functional groups attached to an aromatic ring is 1. The van der Waals surface area contributed by atoms with Crippen molar-refractivity contribution in [2.45, 2.75) is 0 Å². The summed E-state index contributed by atoms with van der Waals surface area (Å²) in [5, 5.41) is 10.8. The standard InChI is InChI=1S/C13H12N4O3/c1-16(9-4-6-15-7-5-9)13(18)11-8-10(17(19)20)2-3-12(11)14/h2-8H,14H2,1H3. The lowest BCUT2D eigenvalue weighted by atomic mass is 10.1. The van der Waals surface area contributed by atoms with Gasteiger partial charge in [0.2, 0.25) is 0 Å². The van der Waals surface area contributed by atoms with Crippen LogP contribution >= 0.6 is 0 Å². The smallest absolute Gasteiger partial charge is 0.270 e. The highest BCUT2D eigenvalue weighted by atomic mass is 16.6. The maximum Gasteiger partial charge on any atom is 0.270 e. The zero-order chi connectivity index (χ0) is 14.7. The second-order valence-corrected chi connectivity index (χ2v) is 4.10. The van der Waals surface area contributed by atoms with Gasteiger partial charge in [-0.2, -0.15) is 0 Å². The molecule has 0 spiro atoms. The minimum Gasteiger partial charge on any atom is -0.398 e. The van der Waals surface area contributed by atoms with Crippen LogP contribution in [0, 0.1) is 10.1 Å². The van der Waals surface area contributed by atoms with Crippen molar-refractivity contribution in [1.82, 2.24) is 4.98 Å². The molecule has 1 aromatic heterocycles. The molecule has 20 heavy (non-hydrogen) atoms. The molecule has 0 saturated heterocycles. The third-order valence-electron chi connectivity index (χ3n) is 2.83. The highest BCUT2D eigenvalue weighted by molar-refractivity contribution is 6.09. The van der Waals surface area contributed by atoms with Crippen molar-refractivity contribution in [2.75, 3.05) is 17.7 Å². The Morgan fingerprint density at radius 2 is 1.95 bits per heavy atom. The van der Waals surface area contributed by atoms with E-state index in [0.717, 1.165) is 0 Å². The Morgan fingerprint density at radius 3 is 2.55 bits per heavy atom. The van der Waals surface area contributed by atoms with Gasteiger partial charge >= 0.3 is 0 Å². The molecule has 7 heteroatoms. The molecule has 0 aliphatic rings. The maximum atomic E-state index is 12.3. The molecule has 2 aromatic rings. The fraction of sp³-hybridized carbons (Fsp3) is 0.0769. The molecular formula is C13H12N4O3. The molecule has 0 aliphatic heterocycles. The maximum absolute atomic E-state index is 12.3. The number of carbonyl (C=O) groups is 1. The first-order valence-electron chi connectivity index (χ1n) is 5.72. The zero-order valence-electron chi connectivity index (χ0n) is 10.7. The first kappa shape index (κ1) is 13.5. The molecule has 7 nitrogen and oxygen atoms in total. The van der Waals surface area contributed by atoms with E-state index in [2.05, 4.69) is 4.98 Å². The Kier molecular flexibility index (Phi) is 3.60. The molecule has 1 heterocycles. The number of benzene rings is 1. The Hall–Kier alpha value is -2.96. The van der Waals surface area contributed by atoms with Crippen molar-refractivity contribution < 1.29 is 9.72 Å². The molecule has 2 rings (SSSR count). The van der Waals surface area contributed by atoms with Crippen molar-refractivity contribution in [3.8, 4) is 0 Å². The van der Waals surface area contributed by atoms with Gasteiger partial charge in [0.25, 0.3) is 11.6 Å². The van der Waals surface area contributed by atoms with Crippen LogP contribution in [0.1, 0.15) is 10.4 Å². The minimum atomic E-state index is -0.567. The minimum absolute atomic E-state index is 0.0958. The van der Waals surface area contributed by atoms with Crippen molar-refractivity contribution in [1.29, 1.82) is 0 Å². The van der Waals surface area contributed by atoms with Crippen LogP contribution in [-0.4, -0.2) is 22.9 Å². The lowest BCUT2D eigenvalue weighted by Crippen LogP contribution is -2.27. The molecule has 0 unspecified atom stereocenters. The van der Waals surface area contributed by atoms with Gasteiger partial charge in [0.1, 0.15) is 0 Å². The van der Waals surface area contributed by atoms with E-state index in [4.69, 9.17) is 5.73 Å². The summed E-state index contributed by atoms with van der Waals surface area (Å²) in [5.41, 5.74) is 6.46. The number of nitro benzene ring substituents is 1. The van der Waals surface area contributed by atoms with Crippen molar-refractivity contribution in [3.05, 3.63) is 58.4 Å². The summed E-state index contributed by atoms with van der Waals surface area (Å²) >= 11 is 0. The van der Waals surface area contributed by atoms with Crippen LogP contribution in [0.4, 0.5) is 17.1 Å². The predicted molar refractivity (Wildman–Crippen MR) is 74.5 cm³/mol. The van der Waals surface area contributed by atoms with Gasteiger partial charge < -0.3 is 10.6 Å². The second kappa shape index (κ2) is 5.35. The van der Waals surface area contributed by atoms with E-state index in [1.807, 2.05) is 0 Å². The average Bonchev–Trinajstić information content (AvgIpc) is 2.47. The van der Waals surface area contributed by atoms with E-state index < -0.39 is 10.8 Å². The molecule has 102 valence electrons. The van der Waals surface area contributed by atoms with E-state index in [9.17, 15) is 14.9 Å². The Morgan fingerprint density at radius 1 is 1.30 bits per heavy atom. The monoisotopic (exact) mass is 272 g/mol. The van der Waals surface area contributed by atoms with Crippen molar-refractivity contribution in [3.63, 3.8) is 0 Å². The first-order chi connectivity index (χ1) is 9.50. The Balaban J connectivity index is 2.38. The second-order valence-electron chi connectivity index (χ2n) is 4.10. The van der Waals surface area contributed by atoms with Crippen LogP contribution in [0.2, 0.25) is 0 Å². The molecule has 2 N–H and O–H groups in total. The van der Waals surface area contributed by atoms with Crippen LogP contribution in [0.5, 0.6) is 0 Å². The van der Waals surface area contributed by atoms with Gasteiger partial charge in [-0.1, -0.05) is 0 Å². The fourth-order valence-electron chi connectivity index (χ4n) is 1.71. The summed E-state index contributed by atoms with van der Waals surface area (Å²) in [5.74, 6) is -0.419. The van der Waals surface area contributed by atoms with E-state index in [1.54, 1.807) is 31.6 Å². The number of pyridine rings is 1. The molecule has 1 aromatic carbocycles. The summed E-state index contributed by atoms with van der Waals surface area (Å²) in [6, 6.07) is 7.11. The van der Waals surface area contributed by atoms with Crippen LogP contribution < -0.4 is 10.6 Å². The number of amides is 1. The lowest BCUT2D eigenvalue weighted by molar-refractivity contribution is -0.384. The van der Waals surface area contributed by atoms with Gasteiger partial charge in [-0.25, -0.2) is 0 Å². The van der Waals surface area contributed by atoms with Crippen LogP contribution in [0.3, 0.4) is 0 Å². The van der Waals surface area contributed by atoms with Crippen LogP contribution in [0.15, 0.2) is 42.7 Å². The number of nitrogens with two attached hydrogens (primary N) is 1. The SMILES string of the molecule is CN(C(=O)c1cc([N+](=O)[O-])ccc1N)c1ccncc1. The lowest BCUT2D eigenvalue weighted by Gasteiger charge is -2.17. The van der Waals surface area contributed by atoms with Crippen molar-refractivity contribution >= 4 is 23.0 Å². The Labute approximate surface area is 114 Å². The van der Waals surface area contributed by atoms with Gasteiger partial charge in [0.15, 0.2) is 0 Å². The third-order valence-corrected chi connectivity index (χ3v) is 2.83. The number of hydrogen-bond acceptors (Lipinski definition) is 5. The molecular weight excluding hydrogens is 260 g/mol. The van der Waals surface area contributed by atoms with Gasteiger partial charge in [0, 0.05) is 42.9 Å². The molecule has 1 amide bonds. The van der Waals surface area contributed by atoms with Gasteiger partial charge in [-0.15, -0.1) is 0 Å². The number of nitro groups is 1. The molecule has 0 atom stereocenters. The number of rotatable bonds is 3. The van der Waals surface area contributed by atoms with Gasteiger partial charge in [-0.3, -0.25) is 19.9 Å². The van der Waals surface area contributed by atoms with Gasteiger partial charge in [0.05, 0.1) is 10.5 Å². The number of anilines is 2. The summed E-state index contributed by atoms with van der Waals surface area (Å²) in [6.07, 6.45) is 3.10. The molecule has 0 radical (unpaired) electrons. The fourth-order valence-corrected chi connectivity index (χ4v) is 1.71. The van der Waals surface area contributed by atoms with E-state index in [1.165, 1.54) is 23.1 Å². The average molecular weight is 272 g/mol. The first-order valence-corrected chi connectivity index (χ1v) is 5.72. The van der Waals surface area contributed by atoms with Crippen LogP contribution in [0.25, 0.3) is 0 Å². The number of carbonyl (C=O) groups excluding carboxylic acids is 1. The summed E-state index contributed by atoms with van der Waals surface area (Å²) < 4.78 is 0. The Bertz CT molecular complexity index is 658. The number of aromatic nitrogens is 1. The quantitative estimate of drug-likeness (QED) is 0.521. The summed E-state index contributed by atoms with van der Waals surface area (Å²) in [6.45, 7) is 0. The summed E-state index contributed by atoms with van der Waals surface area (Å²) in [7, 11) is 1.57. The van der Waals surface area contributed by atoms with E-state index in [-0.39, 0.29) is 16.9 Å².